The van der Waals surface area contributed by atoms with Gasteiger partial charge in [-0.3, -0.25) is 4.79 Å². The van der Waals surface area contributed by atoms with Crippen LogP contribution in [0.25, 0.3) is 0 Å². The summed E-state index contributed by atoms with van der Waals surface area (Å²) < 4.78 is 0. The van der Waals surface area contributed by atoms with Crippen molar-refractivity contribution in [1.82, 2.24) is 0 Å². The van der Waals surface area contributed by atoms with Gasteiger partial charge in [-0.1, -0.05) is 19.3 Å². The molecule has 0 aromatic heterocycles. The first-order valence-electron chi connectivity index (χ1n) is 6.36. The van der Waals surface area contributed by atoms with Crippen LogP contribution in [0.15, 0.2) is 0 Å². The van der Waals surface area contributed by atoms with Crippen LogP contribution >= 0.6 is 0 Å². The van der Waals surface area contributed by atoms with Crippen LogP contribution in [0.1, 0.15) is 57.8 Å². The number of carbonyl (C=O) groups excluding carboxylic acids is 1. The van der Waals surface area contributed by atoms with Gasteiger partial charge in [-0.15, -0.1) is 0 Å². The topological polar surface area (TPSA) is 37.3 Å². The Morgan fingerprint density at radius 2 is 1.53 bits per heavy atom. The number of rotatable bonds is 0. The van der Waals surface area contributed by atoms with E-state index in [2.05, 4.69) is 0 Å². The summed E-state index contributed by atoms with van der Waals surface area (Å²) in [4.78, 5) is 11.7. The molecule has 3 aliphatic carbocycles. The quantitative estimate of drug-likeness (QED) is 0.664. The van der Waals surface area contributed by atoms with E-state index in [1.54, 1.807) is 0 Å². The lowest BCUT2D eigenvalue weighted by atomic mass is 9.65. The number of hydrogen-bond acceptors (Lipinski definition) is 2. The average molecular weight is 208 g/mol. The van der Waals surface area contributed by atoms with Gasteiger partial charge in [0.1, 0.15) is 5.78 Å². The van der Waals surface area contributed by atoms with Gasteiger partial charge in [0.2, 0.25) is 0 Å². The first-order chi connectivity index (χ1) is 7.16. The van der Waals surface area contributed by atoms with Gasteiger partial charge < -0.3 is 5.11 Å². The molecule has 3 saturated carbocycles. The van der Waals surface area contributed by atoms with Crippen molar-refractivity contribution in [2.45, 2.75) is 63.9 Å². The summed E-state index contributed by atoms with van der Waals surface area (Å²) in [5, 5.41) is 9.92. The van der Waals surface area contributed by atoms with Crippen molar-refractivity contribution in [3.8, 4) is 0 Å². The summed E-state index contributed by atoms with van der Waals surface area (Å²) in [7, 11) is 0. The fraction of sp³-hybridized carbons (Fsp3) is 0.923. The van der Waals surface area contributed by atoms with Crippen LogP contribution in [-0.2, 0) is 4.79 Å². The lowest BCUT2D eigenvalue weighted by Crippen LogP contribution is -2.30. The van der Waals surface area contributed by atoms with Crippen molar-refractivity contribution < 1.29 is 9.90 Å². The molecule has 0 heterocycles. The number of Topliss-reactive ketones (excluding diaryl/α,β-unsaturated/α-hetero) is 1. The van der Waals surface area contributed by atoms with E-state index in [4.69, 9.17) is 0 Å². The molecule has 15 heavy (non-hydrogen) atoms. The van der Waals surface area contributed by atoms with Crippen LogP contribution in [0.5, 0.6) is 0 Å². The lowest BCUT2D eigenvalue weighted by molar-refractivity contribution is -0.118. The van der Waals surface area contributed by atoms with E-state index < -0.39 is 0 Å². The molecule has 1 N–H and O–H groups in total. The largest absolute Gasteiger partial charge is 0.393 e. The number of hydrogen-bond donors (Lipinski definition) is 1. The van der Waals surface area contributed by atoms with Crippen LogP contribution in [0.4, 0.5) is 0 Å². The fourth-order valence-electron chi connectivity index (χ4n) is 4.76. The predicted molar refractivity (Wildman–Crippen MR) is 57.4 cm³/mol. The molecule has 84 valence electrons. The Kier molecular flexibility index (Phi) is 2.01. The van der Waals surface area contributed by atoms with Gasteiger partial charge in [-0.25, -0.2) is 0 Å². The van der Waals surface area contributed by atoms with Crippen molar-refractivity contribution in [2.75, 3.05) is 0 Å². The average Bonchev–Trinajstić information content (AvgIpc) is 2.45. The summed E-state index contributed by atoms with van der Waals surface area (Å²) >= 11 is 0. The number of ketones is 1. The smallest absolute Gasteiger partial charge is 0.134 e. The Morgan fingerprint density at radius 1 is 1.00 bits per heavy atom. The Labute approximate surface area is 91.1 Å². The summed E-state index contributed by atoms with van der Waals surface area (Å²) in [6.07, 6.45) is 9.45. The molecule has 3 rings (SSSR count). The first-order valence-corrected chi connectivity index (χ1v) is 6.36. The van der Waals surface area contributed by atoms with E-state index >= 15 is 0 Å². The zero-order valence-electron chi connectivity index (χ0n) is 9.30. The minimum atomic E-state index is -0.129. The SMILES string of the molecule is O=C1CC23CCCCCC2(C1)CC(O)C3. The zero-order valence-corrected chi connectivity index (χ0v) is 9.30. The molecule has 0 saturated heterocycles. The van der Waals surface area contributed by atoms with Gasteiger partial charge in [0, 0.05) is 12.8 Å². The molecule has 3 fully saturated rings. The van der Waals surface area contributed by atoms with Crippen LogP contribution in [0.3, 0.4) is 0 Å². The maximum Gasteiger partial charge on any atom is 0.134 e. The molecular weight excluding hydrogens is 188 g/mol. The fourth-order valence-corrected chi connectivity index (χ4v) is 4.76. The van der Waals surface area contributed by atoms with Crippen molar-refractivity contribution in [2.24, 2.45) is 10.8 Å². The second kappa shape index (κ2) is 3.07. The highest BCUT2D eigenvalue weighted by Gasteiger charge is 2.62. The monoisotopic (exact) mass is 208 g/mol. The number of carbonyl (C=O) groups is 1. The Hall–Kier alpha value is -0.370. The summed E-state index contributed by atoms with van der Waals surface area (Å²) in [6, 6.07) is 0. The number of aliphatic hydroxyl groups excluding tert-OH is 1. The molecule has 2 heteroatoms. The lowest BCUT2D eigenvalue weighted by Gasteiger charge is -2.38. The van der Waals surface area contributed by atoms with E-state index in [-0.39, 0.29) is 16.9 Å². The maximum atomic E-state index is 11.7. The second-order valence-electron chi connectivity index (χ2n) is 6.08. The van der Waals surface area contributed by atoms with Gasteiger partial charge in [-0.05, 0) is 36.5 Å². The molecule has 0 bridgehead atoms. The van der Waals surface area contributed by atoms with Crippen LogP contribution in [0.2, 0.25) is 0 Å². The molecule has 2 nitrogen and oxygen atoms in total. The van der Waals surface area contributed by atoms with E-state index in [9.17, 15) is 9.90 Å². The molecule has 0 aromatic carbocycles. The van der Waals surface area contributed by atoms with Gasteiger partial charge in [0.05, 0.1) is 6.10 Å². The molecule has 2 atom stereocenters. The van der Waals surface area contributed by atoms with E-state index in [1.807, 2.05) is 0 Å². The van der Waals surface area contributed by atoms with Crippen molar-refractivity contribution >= 4 is 5.78 Å². The van der Waals surface area contributed by atoms with Crippen LogP contribution in [-0.4, -0.2) is 17.0 Å². The molecule has 0 aromatic rings. The third-order valence-electron chi connectivity index (χ3n) is 5.26. The van der Waals surface area contributed by atoms with Gasteiger partial charge >= 0.3 is 0 Å². The molecule has 0 spiro atoms. The minimum Gasteiger partial charge on any atom is -0.393 e. The molecule has 2 unspecified atom stereocenters. The minimum absolute atomic E-state index is 0.129. The van der Waals surface area contributed by atoms with Crippen LogP contribution < -0.4 is 0 Å². The molecule has 3 aliphatic rings. The van der Waals surface area contributed by atoms with Gasteiger partial charge in [0.15, 0.2) is 0 Å². The van der Waals surface area contributed by atoms with Crippen molar-refractivity contribution in [3.63, 3.8) is 0 Å². The second-order valence-corrected chi connectivity index (χ2v) is 6.08. The van der Waals surface area contributed by atoms with E-state index in [1.165, 1.54) is 32.1 Å². The third-order valence-corrected chi connectivity index (χ3v) is 5.26. The number of aliphatic hydroxyl groups is 1. The molecular formula is C13H20O2. The third kappa shape index (κ3) is 1.24. The summed E-state index contributed by atoms with van der Waals surface area (Å²) in [5.74, 6) is 0.462. The maximum absolute atomic E-state index is 11.7. The van der Waals surface area contributed by atoms with Gasteiger partial charge in [-0.2, -0.15) is 0 Å². The Bertz CT molecular complexity index is 273. The highest BCUT2D eigenvalue weighted by atomic mass is 16.3. The highest BCUT2D eigenvalue weighted by molar-refractivity contribution is 5.83. The van der Waals surface area contributed by atoms with Gasteiger partial charge in [0.25, 0.3) is 0 Å². The molecule has 0 radical (unpaired) electrons. The first kappa shape index (κ1) is 9.83. The standard InChI is InChI=1S/C13H20O2/c14-10-6-12-4-2-1-3-5-13(12,8-10)9-11(15)7-12/h10,14H,1-9H2. The van der Waals surface area contributed by atoms with E-state index in [0.717, 1.165) is 25.7 Å². The van der Waals surface area contributed by atoms with Crippen molar-refractivity contribution in [1.29, 1.82) is 0 Å². The van der Waals surface area contributed by atoms with E-state index in [0.29, 0.717) is 5.78 Å². The zero-order chi connectivity index (χ0) is 10.5. The predicted octanol–water partition coefficient (Wildman–Crippen LogP) is 2.44. The van der Waals surface area contributed by atoms with Crippen molar-refractivity contribution in [3.05, 3.63) is 0 Å². The Balaban J connectivity index is 2.01. The molecule has 0 amide bonds. The highest BCUT2D eigenvalue weighted by Crippen LogP contribution is 2.67. The summed E-state index contributed by atoms with van der Waals surface area (Å²) in [6.45, 7) is 0. The summed E-state index contributed by atoms with van der Waals surface area (Å²) in [5.41, 5.74) is 0.417. The van der Waals surface area contributed by atoms with Crippen LogP contribution in [0, 0.1) is 10.8 Å². The molecule has 0 aliphatic heterocycles. The normalized spacial score (nSPS) is 49.9. The Morgan fingerprint density at radius 3 is 2.07 bits per heavy atom.